The van der Waals surface area contributed by atoms with Crippen molar-refractivity contribution in [1.82, 2.24) is 0 Å². The Hall–Kier alpha value is -1.12. The van der Waals surface area contributed by atoms with Gasteiger partial charge in [-0.3, -0.25) is 9.59 Å². The van der Waals surface area contributed by atoms with Gasteiger partial charge in [0.1, 0.15) is 5.78 Å². The molecular formula is C31H48O3. The molecule has 0 spiro atoms. The number of Topliss-reactive ketones (excluding diaryl/α,β-unsaturated/α-hetero) is 1. The summed E-state index contributed by atoms with van der Waals surface area (Å²) < 4.78 is 5.49. The summed E-state index contributed by atoms with van der Waals surface area (Å²) in [5.41, 5.74) is 1.45. The lowest BCUT2D eigenvalue weighted by Crippen LogP contribution is -2.66. The molecule has 0 saturated heterocycles. The van der Waals surface area contributed by atoms with E-state index in [4.69, 9.17) is 4.74 Å². The third-order valence-electron chi connectivity index (χ3n) is 13.4. The van der Waals surface area contributed by atoms with Crippen LogP contribution in [0.1, 0.15) is 106 Å². The Bertz CT molecular complexity index is 918. The van der Waals surface area contributed by atoms with Crippen LogP contribution in [-0.4, -0.2) is 18.9 Å². The second kappa shape index (κ2) is 7.45. The molecule has 3 nitrogen and oxygen atoms in total. The van der Waals surface area contributed by atoms with E-state index in [1.807, 2.05) is 0 Å². The summed E-state index contributed by atoms with van der Waals surface area (Å²) in [7, 11) is 1.59. The van der Waals surface area contributed by atoms with Crippen molar-refractivity contribution in [2.45, 2.75) is 106 Å². The SMILES string of the molecule is C=C(C)[C@@H]1CC[C@]2(C(=O)OC)CC[C@]3(C)[C@@H](CC[C@@H]4[C@]5(C)CCC(=O)C(C)(C)[C@@H]5CC[C@@]43C)[C@H]12. The van der Waals surface area contributed by atoms with Crippen molar-refractivity contribution in [2.24, 2.45) is 56.7 Å². The molecule has 3 heteroatoms. The molecule has 0 bridgehead atoms. The van der Waals surface area contributed by atoms with Crippen LogP contribution in [0.3, 0.4) is 0 Å². The minimum Gasteiger partial charge on any atom is -0.469 e. The molecule has 0 radical (unpaired) electrons. The third kappa shape index (κ3) is 2.76. The summed E-state index contributed by atoms with van der Waals surface area (Å²) >= 11 is 0. The number of fused-ring (bicyclic) bond motifs is 7. The van der Waals surface area contributed by atoms with Gasteiger partial charge in [0.15, 0.2) is 0 Å². The van der Waals surface area contributed by atoms with Crippen LogP contribution in [-0.2, 0) is 14.3 Å². The number of hydrogen-bond acceptors (Lipinski definition) is 3. The number of hydrogen-bond donors (Lipinski definition) is 0. The van der Waals surface area contributed by atoms with E-state index in [0.717, 1.165) is 38.5 Å². The highest BCUT2D eigenvalue weighted by molar-refractivity contribution is 5.85. The van der Waals surface area contributed by atoms with Crippen molar-refractivity contribution < 1.29 is 14.3 Å². The number of allylic oxidation sites excluding steroid dienone is 1. The molecule has 5 saturated carbocycles. The lowest BCUT2D eigenvalue weighted by Gasteiger charge is -2.72. The Kier molecular flexibility index (Phi) is 5.38. The molecule has 0 aliphatic heterocycles. The molecule has 0 amide bonds. The van der Waals surface area contributed by atoms with Gasteiger partial charge in [0.2, 0.25) is 0 Å². The lowest BCUT2D eigenvalue weighted by atomic mass is 9.32. The summed E-state index contributed by atoms with van der Waals surface area (Å²) in [4.78, 5) is 26.3. The van der Waals surface area contributed by atoms with E-state index < -0.39 is 0 Å². The van der Waals surface area contributed by atoms with E-state index in [1.54, 1.807) is 7.11 Å². The predicted molar refractivity (Wildman–Crippen MR) is 136 cm³/mol. The van der Waals surface area contributed by atoms with Crippen LogP contribution in [0.4, 0.5) is 0 Å². The molecule has 0 heterocycles. The minimum atomic E-state index is -0.313. The fraction of sp³-hybridized carbons (Fsp3) is 0.871. The van der Waals surface area contributed by atoms with Crippen LogP contribution in [0, 0.1) is 56.7 Å². The first kappa shape index (κ1) is 24.6. The van der Waals surface area contributed by atoms with E-state index in [2.05, 4.69) is 48.1 Å². The van der Waals surface area contributed by atoms with Crippen molar-refractivity contribution in [1.29, 1.82) is 0 Å². The Morgan fingerprint density at radius 2 is 1.59 bits per heavy atom. The Morgan fingerprint density at radius 3 is 2.24 bits per heavy atom. The van der Waals surface area contributed by atoms with E-state index in [1.165, 1.54) is 31.3 Å². The quantitative estimate of drug-likeness (QED) is 0.313. The average molecular weight is 469 g/mol. The zero-order chi connectivity index (χ0) is 24.9. The van der Waals surface area contributed by atoms with Gasteiger partial charge in [-0.15, -0.1) is 0 Å². The van der Waals surface area contributed by atoms with Crippen molar-refractivity contribution in [2.75, 3.05) is 7.11 Å². The number of ketones is 1. The fourth-order valence-electron chi connectivity index (χ4n) is 11.5. The van der Waals surface area contributed by atoms with Crippen LogP contribution in [0.25, 0.3) is 0 Å². The number of ether oxygens (including phenoxy) is 1. The van der Waals surface area contributed by atoms with Gasteiger partial charge in [-0.25, -0.2) is 0 Å². The van der Waals surface area contributed by atoms with E-state index in [0.29, 0.717) is 35.4 Å². The van der Waals surface area contributed by atoms with Gasteiger partial charge < -0.3 is 4.74 Å². The highest BCUT2D eigenvalue weighted by Gasteiger charge is 2.72. The molecule has 34 heavy (non-hydrogen) atoms. The number of rotatable bonds is 2. The molecule has 5 aliphatic rings. The van der Waals surface area contributed by atoms with Gasteiger partial charge in [0.05, 0.1) is 12.5 Å². The van der Waals surface area contributed by atoms with Crippen LogP contribution >= 0.6 is 0 Å². The summed E-state index contributed by atoms with van der Waals surface area (Å²) in [6.07, 6.45) is 10.8. The predicted octanol–water partition coefficient (Wildman–Crippen LogP) is 7.39. The summed E-state index contributed by atoms with van der Waals surface area (Å²) in [5.74, 6) is 3.01. The zero-order valence-electron chi connectivity index (χ0n) is 22.9. The molecule has 0 aromatic carbocycles. The third-order valence-corrected chi connectivity index (χ3v) is 13.4. The van der Waals surface area contributed by atoms with E-state index >= 15 is 0 Å². The standard InChI is InChI=1S/C31H48O3/c1-19(2)20-11-16-31(26(33)34-8)18-17-29(6)21(25(20)31)9-10-23-28(5)14-13-24(32)27(3,4)22(28)12-15-30(23,29)7/h20-23,25H,1,9-18H2,2-8H3/t20-,21-,22-,23+,25-,28+,29+,30-,31-/m0/s1. The molecule has 0 unspecified atom stereocenters. The van der Waals surface area contributed by atoms with Crippen LogP contribution < -0.4 is 0 Å². The molecule has 0 N–H and O–H groups in total. The monoisotopic (exact) mass is 468 g/mol. The topological polar surface area (TPSA) is 43.4 Å². The number of methoxy groups -OCH3 is 1. The molecule has 5 fully saturated rings. The smallest absolute Gasteiger partial charge is 0.312 e. The van der Waals surface area contributed by atoms with E-state index in [9.17, 15) is 9.59 Å². The second-order valence-corrected chi connectivity index (χ2v) is 14.5. The van der Waals surface area contributed by atoms with Crippen LogP contribution in [0.15, 0.2) is 12.2 Å². The number of carbonyl (C=O) groups excluding carboxylic acids is 2. The molecule has 5 rings (SSSR count). The minimum absolute atomic E-state index is 0.0405. The molecule has 5 aliphatic carbocycles. The Balaban J connectivity index is 1.57. The molecular weight excluding hydrogens is 420 g/mol. The molecule has 0 aromatic heterocycles. The second-order valence-electron chi connectivity index (χ2n) is 14.5. The fourth-order valence-corrected chi connectivity index (χ4v) is 11.5. The van der Waals surface area contributed by atoms with Gasteiger partial charge in [-0.2, -0.15) is 0 Å². The van der Waals surface area contributed by atoms with Gasteiger partial charge in [-0.05, 0) is 111 Å². The van der Waals surface area contributed by atoms with Crippen molar-refractivity contribution in [3.05, 3.63) is 12.2 Å². The maximum absolute atomic E-state index is 13.3. The highest BCUT2D eigenvalue weighted by Crippen LogP contribution is 2.77. The lowest BCUT2D eigenvalue weighted by molar-refractivity contribution is -0.235. The molecule has 9 atom stereocenters. The van der Waals surface area contributed by atoms with Crippen molar-refractivity contribution in [3.8, 4) is 0 Å². The number of carbonyl (C=O) groups is 2. The number of esters is 1. The van der Waals surface area contributed by atoms with Gasteiger partial charge in [0.25, 0.3) is 0 Å². The maximum atomic E-state index is 13.3. The average Bonchev–Trinajstić information content (AvgIpc) is 3.18. The molecule has 0 aromatic rings. The highest BCUT2D eigenvalue weighted by atomic mass is 16.5. The largest absolute Gasteiger partial charge is 0.469 e. The van der Waals surface area contributed by atoms with Crippen molar-refractivity contribution >= 4 is 11.8 Å². The summed E-state index contributed by atoms with van der Waals surface area (Å²) in [5, 5.41) is 0. The Labute approximate surface area is 207 Å². The van der Waals surface area contributed by atoms with E-state index in [-0.39, 0.29) is 33.0 Å². The first-order valence-corrected chi connectivity index (χ1v) is 14.1. The Morgan fingerprint density at radius 1 is 0.882 bits per heavy atom. The first-order chi connectivity index (χ1) is 15.8. The van der Waals surface area contributed by atoms with Crippen molar-refractivity contribution in [3.63, 3.8) is 0 Å². The van der Waals surface area contributed by atoms with Gasteiger partial charge in [0, 0.05) is 11.8 Å². The first-order valence-electron chi connectivity index (χ1n) is 14.1. The summed E-state index contributed by atoms with van der Waals surface area (Å²) in [6.45, 7) is 18.8. The normalized spacial score (nSPS) is 51.5. The summed E-state index contributed by atoms with van der Waals surface area (Å²) in [6, 6.07) is 0. The molecule has 190 valence electrons. The zero-order valence-corrected chi connectivity index (χ0v) is 22.9. The van der Waals surface area contributed by atoms with Gasteiger partial charge in [-0.1, -0.05) is 46.8 Å². The van der Waals surface area contributed by atoms with Crippen LogP contribution in [0.5, 0.6) is 0 Å². The maximum Gasteiger partial charge on any atom is 0.312 e. The van der Waals surface area contributed by atoms with Gasteiger partial charge >= 0.3 is 5.97 Å². The van der Waals surface area contributed by atoms with Crippen LogP contribution in [0.2, 0.25) is 0 Å².